The van der Waals surface area contributed by atoms with Crippen LogP contribution >= 0.6 is 11.8 Å². The number of oxime groups is 1. The van der Waals surface area contributed by atoms with E-state index >= 15 is 0 Å². The molecular formula is C16H24N2OS. The maximum atomic E-state index is 8.71. The Morgan fingerprint density at radius 2 is 2.25 bits per heavy atom. The van der Waals surface area contributed by atoms with Crippen molar-refractivity contribution in [2.45, 2.75) is 50.5 Å². The summed E-state index contributed by atoms with van der Waals surface area (Å²) in [5.74, 6) is 2.11. The first kappa shape index (κ1) is 15.2. The first-order valence-corrected chi connectivity index (χ1v) is 8.34. The summed E-state index contributed by atoms with van der Waals surface area (Å²) < 4.78 is 0. The van der Waals surface area contributed by atoms with Gasteiger partial charge in [0.2, 0.25) is 0 Å². The SMILES string of the molecule is Cc1cc(/C(N)=N/O)ccc1CSC1CCCC(C)C1. The highest BCUT2D eigenvalue weighted by Crippen LogP contribution is 2.34. The van der Waals surface area contributed by atoms with Crippen molar-refractivity contribution >= 4 is 17.6 Å². The van der Waals surface area contributed by atoms with Gasteiger partial charge in [-0.15, -0.1) is 0 Å². The number of nitrogens with zero attached hydrogens (tertiary/aromatic N) is 1. The summed E-state index contributed by atoms with van der Waals surface area (Å²) in [5.41, 5.74) is 8.96. The Bertz CT molecular complexity index is 487. The minimum Gasteiger partial charge on any atom is -0.409 e. The Hall–Kier alpha value is -1.16. The molecule has 0 aliphatic heterocycles. The van der Waals surface area contributed by atoms with Gasteiger partial charge >= 0.3 is 0 Å². The Balaban J connectivity index is 1.96. The van der Waals surface area contributed by atoms with Gasteiger partial charge in [-0.25, -0.2) is 0 Å². The molecule has 0 saturated heterocycles. The summed E-state index contributed by atoms with van der Waals surface area (Å²) in [6, 6.07) is 6.03. The number of aryl methyl sites for hydroxylation is 1. The third-order valence-corrected chi connectivity index (χ3v) is 5.49. The van der Waals surface area contributed by atoms with Gasteiger partial charge in [-0.3, -0.25) is 0 Å². The number of amidine groups is 1. The van der Waals surface area contributed by atoms with Crippen molar-refractivity contribution in [2.75, 3.05) is 0 Å². The highest BCUT2D eigenvalue weighted by atomic mass is 32.2. The number of thioether (sulfide) groups is 1. The molecule has 20 heavy (non-hydrogen) atoms. The summed E-state index contributed by atoms with van der Waals surface area (Å²) in [5, 5.41) is 12.6. The number of hydrogen-bond donors (Lipinski definition) is 2. The fourth-order valence-corrected chi connectivity index (χ4v) is 4.35. The summed E-state index contributed by atoms with van der Waals surface area (Å²) in [4.78, 5) is 0. The molecule has 2 rings (SSSR count). The van der Waals surface area contributed by atoms with E-state index in [0.29, 0.717) is 0 Å². The number of nitrogens with two attached hydrogens (primary N) is 1. The second kappa shape index (κ2) is 7.02. The molecule has 2 unspecified atom stereocenters. The van der Waals surface area contributed by atoms with Gasteiger partial charge in [0.25, 0.3) is 0 Å². The van der Waals surface area contributed by atoms with Crippen molar-refractivity contribution in [1.29, 1.82) is 0 Å². The van der Waals surface area contributed by atoms with Crippen LogP contribution in [0.2, 0.25) is 0 Å². The van der Waals surface area contributed by atoms with Gasteiger partial charge < -0.3 is 10.9 Å². The van der Waals surface area contributed by atoms with Crippen molar-refractivity contribution in [3.8, 4) is 0 Å². The lowest BCUT2D eigenvalue weighted by atomic mass is 9.91. The van der Waals surface area contributed by atoms with Crippen LogP contribution in [-0.2, 0) is 5.75 Å². The van der Waals surface area contributed by atoms with Crippen LogP contribution in [0.15, 0.2) is 23.4 Å². The van der Waals surface area contributed by atoms with E-state index < -0.39 is 0 Å². The Morgan fingerprint density at radius 3 is 2.90 bits per heavy atom. The fraction of sp³-hybridized carbons (Fsp3) is 0.562. The first-order valence-electron chi connectivity index (χ1n) is 7.29. The molecule has 2 atom stereocenters. The second-order valence-electron chi connectivity index (χ2n) is 5.83. The van der Waals surface area contributed by atoms with Gasteiger partial charge in [0, 0.05) is 16.6 Å². The molecule has 1 aromatic rings. The highest BCUT2D eigenvalue weighted by molar-refractivity contribution is 7.99. The molecule has 0 radical (unpaired) electrons. The zero-order valence-corrected chi connectivity index (χ0v) is 13.1. The third kappa shape index (κ3) is 3.92. The molecule has 3 nitrogen and oxygen atoms in total. The van der Waals surface area contributed by atoms with Crippen molar-refractivity contribution in [2.24, 2.45) is 16.8 Å². The number of benzene rings is 1. The van der Waals surface area contributed by atoms with Gasteiger partial charge in [-0.2, -0.15) is 11.8 Å². The van der Waals surface area contributed by atoms with Crippen molar-refractivity contribution < 1.29 is 5.21 Å². The Labute approximate surface area is 125 Å². The topological polar surface area (TPSA) is 58.6 Å². The van der Waals surface area contributed by atoms with Crippen molar-refractivity contribution in [3.05, 3.63) is 34.9 Å². The molecular weight excluding hydrogens is 268 g/mol. The molecule has 0 heterocycles. The van der Waals surface area contributed by atoms with E-state index in [0.717, 1.165) is 22.5 Å². The van der Waals surface area contributed by atoms with Gasteiger partial charge in [-0.05, 0) is 42.9 Å². The number of rotatable bonds is 4. The van der Waals surface area contributed by atoms with Crippen LogP contribution in [0.25, 0.3) is 0 Å². The molecule has 1 saturated carbocycles. The second-order valence-corrected chi connectivity index (χ2v) is 7.12. The molecule has 1 aliphatic carbocycles. The van der Waals surface area contributed by atoms with E-state index in [4.69, 9.17) is 10.9 Å². The summed E-state index contributed by atoms with van der Waals surface area (Å²) in [6.07, 6.45) is 5.48. The lowest BCUT2D eigenvalue weighted by Gasteiger charge is -2.26. The molecule has 0 spiro atoms. The molecule has 110 valence electrons. The van der Waals surface area contributed by atoms with Crippen LogP contribution in [0.1, 0.15) is 49.3 Å². The minimum absolute atomic E-state index is 0.174. The highest BCUT2D eigenvalue weighted by Gasteiger charge is 2.19. The summed E-state index contributed by atoms with van der Waals surface area (Å²) in [6.45, 7) is 4.46. The smallest absolute Gasteiger partial charge is 0.170 e. The monoisotopic (exact) mass is 292 g/mol. The predicted octanol–water partition coefficient (Wildman–Crippen LogP) is 3.90. The molecule has 1 aliphatic rings. The molecule has 1 fully saturated rings. The van der Waals surface area contributed by atoms with Crippen LogP contribution < -0.4 is 5.73 Å². The Kier molecular flexibility index (Phi) is 5.35. The van der Waals surface area contributed by atoms with Crippen molar-refractivity contribution in [3.63, 3.8) is 0 Å². The zero-order valence-electron chi connectivity index (χ0n) is 12.3. The van der Waals surface area contributed by atoms with Crippen molar-refractivity contribution in [1.82, 2.24) is 0 Å². The van der Waals surface area contributed by atoms with Gasteiger partial charge in [0.05, 0.1) is 0 Å². The zero-order chi connectivity index (χ0) is 14.5. The quantitative estimate of drug-likeness (QED) is 0.383. The van der Waals surface area contributed by atoms with Gasteiger partial charge in [0.1, 0.15) is 0 Å². The maximum absolute atomic E-state index is 8.71. The van der Waals surface area contributed by atoms with Crippen LogP contribution in [-0.4, -0.2) is 16.3 Å². The van der Waals surface area contributed by atoms with Gasteiger partial charge in [-0.1, -0.05) is 37.1 Å². The van der Waals surface area contributed by atoms with E-state index in [1.165, 1.54) is 36.8 Å². The molecule has 4 heteroatoms. The molecule has 3 N–H and O–H groups in total. The lowest BCUT2D eigenvalue weighted by Crippen LogP contribution is -2.15. The fourth-order valence-electron chi connectivity index (χ4n) is 2.81. The average molecular weight is 292 g/mol. The largest absolute Gasteiger partial charge is 0.409 e. The summed E-state index contributed by atoms with van der Waals surface area (Å²) >= 11 is 2.08. The molecule has 0 amide bonds. The summed E-state index contributed by atoms with van der Waals surface area (Å²) in [7, 11) is 0. The Morgan fingerprint density at radius 1 is 1.45 bits per heavy atom. The molecule has 0 bridgehead atoms. The van der Waals surface area contributed by atoms with E-state index in [1.54, 1.807) is 0 Å². The van der Waals surface area contributed by atoms with E-state index in [9.17, 15) is 0 Å². The molecule has 0 aromatic heterocycles. The third-order valence-electron chi connectivity index (χ3n) is 4.11. The first-order chi connectivity index (χ1) is 9.60. The van der Waals surface area contributed by atoms with Crippen LogP contribution in [0.5, 0.6) is 0 Å². The standard InChI is InChI=1S/C16H24N2OS/c1-11-4-3-5-15(8-11)20-10-14-7-6-13(9-12(14)2)16(17)18-19/h6-7,9,11,15,19H,3-5,8,10H2,1-2H3,(H2,17,18). The lowest BCUT2D eigenvalue weighted by molar-refractivity contribution is 0.318. The van der Waals surface area contributed by atoms with E-state index in [1.807, 2.05) is 12.1 Å². The van der Waals surface area contributed by atoms with Crippen LogP contribution in [0, 0.1) is 12.8 Å². The average Bonchev–Trinajstić information content (AvgIpc) is 2.45. The van der Waals surface area contributed by atoms with Gasteiger partial charge in [0.15, 0.2) is 5.84 Å². The van der Waals surface area contributed by atoms with Crippen LogP contribution in [0.4, 0.5) is 0 Å². The minimum atomic E-state index is 0.174. The molecule has 1 aromatic carbocycles. The van der Waals surface area contributed by atoms with E-state index in [-0.39, 0.29) is 5.84 Å². The predicted molar refractivity (Wildman–Crippen MR) is 86.4 cm³/mol. The normalized spacial score (nSPS) is 23.8. The number of hydrogen-bond acceptors (Lipinski definition) is 3. The maximum Gasteiger partial charge on any atom is 0.170 e. The van der Waals surface area contributed by atoms with E-state index in [2.05, 4.69) is 36.8 Å². The van der Waals surface area contributed by atoms with Crippen LogP contribution in [0.3, 0.4) is 0 Å².